The van der Waals surface area contributed by atoms with Gasteiger partial charge in [0, 0.05) is 15.4 Å². The molecule has 2 aromatic heterocycles. The summed E-state index contributed by atoms with van der Waals surface area (Å²) in [5, 5.41) is 10.0. The van der Waals surface area contributed by atoms with Gasteiger partial charge in [0.05, 0.1) is 23.3 Å². The number of nitrogens with one attached hydrogen (secondary N) is 4. The van der Waals surface area contributed by atoms with Gasteiger partial charge in [0.2, 0.25) is 5.91 Å². The molecule has 0 bridgehead atoms. The molecule has 2 amide bonds. The number of hydrogen-bond acceptors (Lipinski definition) is 5. The molecular weight excluding hydrogens is 533 g/mol. The Kier molecular flexibility index (Phi) is 6.21. The number of H-pyrrole nitrogens is 2. The molecule has 0 saturated carbocycles. The van der Waals surface area contributed by atoms with Crippen molar-refractivity contribution >= 4 is 50.0 Å². The number of halogens is 2. The number of anilines is 2. The van der Waals surface area contributed by atoms with Crippen LogP contribution in [0.2, 0.25) is 0 Å². The van der Waals surface area contributed by atoms with Crippen LogP contribution >= 0.6 is 15.9 Å². The zero-order valence-corrected chi connectivity index (χ0v) is 20.0. The van der Waals surface area contributed by atoms with E-state index in [9.17, 15) is 18.8 Å². The van der Waals surface area contributed by atoms with Crippen LogP contribution in [-0.2, 0) is 11.2 Å². The van der Waals surface area contributed by atoms with Gasteiger partial charge in [-0.15, -0.1) is 0 Å². The van der Waals surface area contributed by atoms with Crippen LogP contribution < -0.4 is 16.4 Å². The molecule has 180 valence electrons. The zero-order chi connectivity index (χ0) is 25.2. The average Bonchev–Trinajstić information content (AvgIpc) is 3.47. The maximum absolute atomic E-state index is 13.4. The largest absolute Gasteiger partial charge is 0.439 e. The van der Waals surface area contributed by atoms with Crippen molar-refractivity contribution in [3.05, 3.63) is 98.8 Å². The number of fused-ring (bicyclic) bond motifs is 1. The number of rotatable bonds is 6. The number of carbonyl (C=O) groups is 2. The Hall–Kier alpha value is -4.51. The Morgan fingerprint density at radius 2 is 1.81 bits per heavy atom. The van der Waals surface area contributed by atoms with E-state index in [2.05, 4.69) is 46.2 Å². The highest BCUT2D eigenvalue weighted by molar-refractivity contribution is 9.10. The van der Waals surface area contributed by atoms with E-state index in [1.165, 1.54) is 12.1 Å². The third kappa shape index (κ3) is 4.96. The highest BCUT2D eigenvalue weighted by atomic mass is 79.9. The second-order valence-electron chi connectivity index (χ2n) is 7.90. The third-order valence-electron chi connectivity index (χ3n) is 5.35. The lowest BCUT2D eigenvalue weighted by molar-refractivity contribution is -0.115. The molecule has 4 N–H and O–H groups in total. The molecule has 11 heteroatoms. The van der Waals surface area contributed by atoms with E-state index >= 15 is 0 Å². The molecule has 0 fully saturated rings. The summed E-state index contributed by atoms with van der Waals surface area (Å²) in [4.78, 5) is 42.5. The van der Waals surface area contributed by atoms with Gasteiger partial charge in [-0.3, -0.25) is 19.1 Å². The number of aromatic nitrogens is 3. The Balaban J connectivity index is 1.38. The second-order valence-corrected chi connectivity index (χ2v) is 8.81. The monoisotopic (exact) mass is 549 g/mol. The summed E-state index contributed by atoms with van der Waals surface area (Å²) in [7, 11) is 0. The van der Waals surface area contributed by atoms with E-state index in [0.29, 0.717) is 37.9 Å². The summed E-state index contributed by atoms with van der Waals surface area (Å²) in [6, 6.07) is 17.8. The minimum absolute atomic E-state index is 0.00131. The number of nitrogens with zero attached hydrogens (tertiary/aromatic N) is 1. The molecule has 0 radical (unpaired) electrons. The first-order valence-electron chi connectivity index (χ1n) is 10.7. The highest BCUT2D eigenvalue weighted by Gasteiger charge is 2.17. The minimum atomic E-state index is -0.718. The number of benzene rings is 3. The average molecular weight is 550 g/mol. The van der Waals surface area contributed by atoms with Crippen LogP contribution in [-0.4, -0.2) is 26.9 Å². The molecule has 0 spiro atoms. The summed E-state index contributed by atoms with van der Waals surface area (Å²) in [5.41, 5.74) is 2.69. The molecule has 0 aliphatic carbocycles. The van der Waals surface area contributed by atoms with E-state index in [4.69, 9.17) is 0 Å². The molecule has 5 rings (SSSR count). The van der Waals surface area contributed by atoms with E-state index in [0.717, 1.165) is 0 Å². The maximum atomic E-state index is 13.4. The van der Waals surface area contributed by atoms with E-state index < -0.39 is 17.5 Å². The lowest BCUT2D eigenvalue weighted by Gasteiger charge is -2.09. The Bertz CT molecular complexity index is 1670. The lowest BCUT2D eigenvalue weighted by Crippen LogP contribution is -2.15. The summed E-state index contributed by atoms with van der Waals surface area (Å²) in [6.45, 7) is 0. The van der Waals surface area contributed by atoms with Crippen LogP contribution in [0, 0.1) is 5.82 Å². The fraction of sp³-hybridized carbons (Fsp3) is 0.0400. The van der Waals surface area contributed by atoms with E-state index in [1.807, 2.05) is 0 Å². The number of carbonyl (C=O) groups excluding carboxylic acids is 2. The van der Waals surface area contributed by atoms with Crippen LogP contribution in [0.25, 0.3) is 22.3 Å². The first-order chi connectivity index (χ1) is 17.4. The number of amides is 2. The van der Waals surface area contributed by atoms with Gasteiger partial charge in [0.1, 0.15) is 11.5 Å². The fourth-order valence-corrected chi connectivity index (χ4v) is 4.13. The second kappa shape index (κ2) is 9.62. The van der Waals surface area contributed by atoms with Crippen molar-refractivity contribution in [3.63, 3.8) is 0 Å². The quantitative estimate of drug-likeness (QED) is 0.240. The van der Waals surface area contributed by atoms with Crippen molar-refractivity contribution in [2.24, 2.45) is 0 Å². The van der Waals surface area contributed by atoms with Crippen LogP contribution in [0.1, 0.15) is 16.1 Å². The molecule has 3 aromatic carbocycles. The summed E-state index contributed by atoms with van der Waals surface area (Å²) in [6.07, 6.45) is -0.00131. The molecular formula is C25H17BrFN5O4. The molecule has 5 aromatic rings. The Morgan fingerprint density at radius 1 is 0.972 bits per heavy atom. The fourth-order valence-electron chi connectivity index (χ4n) is 3.77. The normalized spacial score (nSPS) is 10.9. The topological polar surface area (TPSA) is 133 Å². The Morgan fingerprint density at radius 3 is 2.58 bits per heavy atom. The summed E-state index contributed by atoms with van der Waals surface area (Å²) in [5.74, 6) is -1.74. The van der Waals surface area contributed by atoms with Crippen molar-refractivity contribution in [1.82, 2.24) is 15.1 Å². The van der Waals surface area contributed by atoms with Crippen LogP contribution in [0.5, 0.6) is 0 Å². The standard InChI is InChI=1S/C25H17BrFN5O4/c26-15-7-8-18(17(12-15)23-31-25(35)36-32-23)30-24(34)20-11-14-4-2-6-19(22(14)29-20)28-21(33)10-13-3-1-5-16(27)9-13/h1-9,11-12,29H,10H2,(H,28,33)(H,30,34)(H,31,32,35). The zero-order valence-electron chi connectivity index (χ0n) is 18.4. The Labute approximate surface area is 210 Å². The molecule has 0 aliphatic heterocycles. The maximum Gasteiger partial charge on any atom is 0.439 e. The first kappa shape index (κ1) is 23.2. The van der Waals surface area contributed by atoms with Crippen LogP contribution in [0.4, 0.5) is 15.8 Å². The summed E-state index contributed by atoms with van der Waals surface area (Å²) >= 11 is 3.36. The van der Waals surface area contributed by atoms with Crippen molar-refractivity contribution in [3.8, 4) is 11.4 Å². The van der Waals surface area contributed by atoms with Gasteiger partial charge in [0.15, 0.2) is 5.82 Å². The van der Waals surface area contributed by atoms with Crippen LogP contribution in [0.3, 0.4) is 0 Å². The van der Waals surface area contributed by atoms with Crippen LogP contribution in [0.15, 0.2) is 80.5 Å². The third-order valence-corrected chi connectivity index (χ3v) is 5.85. The number of para-hydroxylation sites is 1. The van der Waals surface area contributed by atoms with Crippen molar-refractivity contribution in [2.75, 3.05) is 10.6 Å². The smallest absolute Gasteiger partial charge is 0.349 e. The highest BCUT2D eigenvalue weighted by Crippen LogP contribution is 2.30. The predicted molar refractivity (Wildman–Crippen MR) is 135 cm³/mol. The van der Waals surface area contributed by atoms with E-state index in [1.54, 1.807) is 54.6 Å². The van der Waals surface area contributed by atoms with Gasteiger partial charge in [-0.05, 0) is 48.0 Å². The number of hydrogen-bond donors (Lipinski definition) is 4. The molecule has 0 unspecified atom stereocenters. The van der Waals surface area contributed by atoms with Crippen molar-refractivity contribution in [1.29, 1.82) is 0 Å². The minimum Gasteiger partial charge on any atom is -0.349 e. The molecule has 0 saturated heterocycles. The SMILES string of the molecule is O=C(Cc1cccc(F)c1)Nc1cccc2cc(C(=O)Nc3ccc(Br)cc3-c3noc(=O)[nH]3)[nH]c12. The van der Waals surface area contributed by atoms with Gasteiger partial charge in [-0.25, -0.2) is 9.18 Å². The van der Waals surface area contributed by atoms with Crippen molar-refractivity contribution < 1.29 is 18.5 Å². The van der Waals surface area contributed by atoms with Gasteiger partial charge < -0.3 is 15.6 Å². The van der Waals surface area contributed by atoms with Gasteiger partial charge >= 0.3 is 5.76 Å². The predicted octanol–water partition coefficient (Wildman–Crippen LogP) is 4.85. The molecule has 0 atom stereocenters. The van der Waals surface area contributed by atoms with Crippen molar-refractivity contribution in [2.45, 2.75) is 6.42 Å². The van der Waals surface area contributed by atoms with E-state index in [-0.39, 0.29) is 23.8 Å². The first-order valence-corrected chi connectivity index (χ1v) is 11.5. The molecule has 0 aliphatic rings. The number of aromatic amines is 2. The lowest BCUT2D eigenvalue weighted by atomic mass is 10.1. The van der Waals surface area contributed by atoms with Gasteiger partial charge in [0.25, 0.3) is 5.91 Å². The summed E-state index contributed by atoms with van der Waals surface area (Å²) < 4.78 is 18.7. The van der Waals surface area contributed by atoms with Gasteiger partial charge in [-0.1, -0.05) is 45.4 Å². The molecule has 36 heavy (non-hydrogen) atoms. The molecule has 2 heterocycles. The molecule has 9 nitrogen and oxygen atoms in total. The van der Waals surface area contributed by atoms with Gasteiger partial charge in [-0.2, -0.15) is 0 Å².